The van der Waals surface area contributed by atoms with E-state index in [1.54, 1.807) is 31.2 Å². The number of rotatable bonds is 3. The number of imide groups is 2. The van der Waals surface area contributed by atoms with Crippen LogP contribution in [0.2, 0.25) is 0 Å². The predicted molar refractivity (Wildman–Crippen MR) is 77.9 cm³/mol. The maximum Gasteiger partial charge on any atom is 0.259 e. The van der Waals surface area contributed by atoms with Crippen LogP contribution >= 0.6 is 0 Å². The van der Waals surface area contributed by atoms with Crippen molar-refractivity contribution in [1.82, 2.24) is 10.6 Å². The van der Waals surface area contributed by atoms with E-state index >= 15 is 0 Å². The Bertz CT molecular complexity index is 802. The fourth-order valence-corrected chi connectivity index (χ4v) is 2.60. The summed E-state index contributed by atoms with van der Waals surface area (Å²) in [5.41, 5.74) is 2.06. The number of nitrogens with one attached hydrogen (secondary N) is 2. The summed E-state index contributed by atoms with van der Waals surface area (Å²) in [7, 11) is 0. The molecule has 0 saturated heterocycles. The van der Waals surface area contributed by atoms with Crippen LogP contribution in [0.1, 0.15) is 24.5 Å². The molecular weight excluding hydrogens is 284 g/mol. The van der Waals surface area contributed by atoms with Crippen LogP contribution in [0.25, 0.3) is 11.1 Å². The van der Waals surface area contributed by atoms with E-state index in [1.165, 1.54) is 6.08 Å². The van der Waals surface area contributed by atoms with Gasteiger partial charge in [-0.15, -0.1) is 0 Å². The van der Waals surface area contributed by atoms with E-state index in [0.717, 1.165) is 0 Å². The van der Waals surface area contributed by atoms with Crippen LogP contribution in [0.3, 0.4) is 0 Å². The zero-order valence-corrected chi connectivity index (χ0v) is 11.7. The first-order valence-electron chi connectivity index (χ1n) is 6.78. The largest absolute Gasteiger partial charge is 0.289 e. The molecule has 6 nitrogen and oxygen atoms in total. The van der Waals surface area contributed by atoms with Gasteiger partial charge in [-0.2, -0.15) is 0 Å². The fraction of sp³-hybridized carbons (Fsp3) is 0.125. The zero-order chi connectivity index (χ0) is 15.9. The van der Waals surface area contributed by atoms with Crippen molar-refractivity contribution in [2.24, 2.45) is 0 Å². The summed E-state index contributed by atoms with van der Waals surface area (Å²) in [6, 6.07) is 6.68. The van der Waals surface area contributed by atoms with Crippen LogP contribution < -0.4 is 10.6 Å². The monoisotopic (exact) mass is 296 g/mol. The molecule has 2 aliphatic rings. The van der Waals surface area contributed by atoms with Gasteiger partial charge in [-0.3, -0.25) is 29.8 Å². The third kappa shape index (κ3) is 2.14. The Morgan fingerprint density at radius 3 is 2.27 bits per heavy atom. The summed E-state index contributed by atoms with van der Waals surface area (Å²) in [6.45, 7) is 1.79. The highest BCUT2D eigenvalue weighted by Crippen LogP contribution is 2.28. The minimum atomic E-state index is -0.473. The molecule has 3 rings (SSSR count). The lowest BCUT2D eigenvalue weighted by Crippen LogP contribution is -2.23. The molecule has 4 amide bonds. The highest BCUT2D eigenvalue weighted by molar-refractivity contribution is 6.36. The molecule has 0 fully saturated rings. The first-order valence-corrected chi connectivity index (χ1v) is 6.78. The van der Waals surface area contributed by atoms with Crippen molar-refractivity contribution >= 4 is 34.8 Å². The summed E-state index contributed by atoms with van der Waals surface area (Å²) in [4.78, 5) is 46.6. The highest BCUT2D eigenvalue weighted by Gasteiger charge is 2.30. The van der Waals surface area contributed by atoms with E-state index in [4.69, 9.17) is 0 Å². The van der Waals surface area contributed by atoms with Crippen molar-refractivity contribution in [1.29, 1.82) is 0 Å². The van der Waals surface area contributed by atoms with E-state index in [9.17, 15) is 19.2 Å². The van der Waals surface area contributed by atoms with E-state index in [0.29, 0.717) is 28.7 Å². The lowest BCUT2D eigenvalue weighted by Gasteiger charge is -2.06. The van der Waals surface area contributed by atoms with Gasteiger partial charge < -0.3 is 0 Å². The van der Waals surface area contributed by atoms with Gasteiger partial charge in [-0.05, 0) is 23.6 Å². The van der Waals surface area contributed by atoms with Crippen molar-refractivity contribution in [3.8, 4) is 0 Å². The molecular formula is C16H12N2O4. The van der Waals surface area contributed by atoms with Crippen LogP contribution in [0.5, 0.6) is 0 Å². The molecule has 1 aromatic carbocycles. The number of benzene rings is 1. The number of carbonyl (C=O) groups excluding carboxylic acids is 4. The molecule has 22 heavy (non-hydrogen) atoms. The number of amides is 4. The van der Waals surface area contributed by atoms with Gasteiger partial charge in [0, 0.05) is 11.6 Å². The second-order valence-corrected chi connectivity index (χ2v) is 4.95. The van der Waals surface area contributed by atoms with Crippen LogP contribution in [-0.2, 0) is 19.2 Å². The number of hydrogen-bond acceptors (Lipinski definition) is 4. The molecule has 0 spiro atoms. The average molecular weight is 296 g/mol. The van der Waals surface area contributed by atoms with Gasteiger partial charge in [-0.25, -0.2) is 0 Å². The summed E-state index contributed by atoms with van der Waals surface area (Å²) in [6.07, 6.45) is 1.65. The van der Waals surface area contributed by atoms with E-state index in [-0.39, 0.29) is 11.5 Å². The highest BCUT2D eigenvalue weighted by atomic mass is 16.2. The Balaban J connectivity index is 2.09. The molecule has 2 aliphatic heterocycles. The van der Waals surface area contributed by atoms with Crippen molar-refractivity contribution in [2.45, 2.75) is 13.3 Å². The van der Waals surface area contributed by atoms with Crippen molar-refractivity contribution in [2.75, 3.05) is 0 Å². The Kier molecular flexibility index (Phi) is 3.21. The minimum Gasteiger partial charge on any atom is -0.289 e. The molecule has 6 heteroatoms. The third-order valence-electron chi connectivity index (χ3n) is 3.60. The van der Waals surface area contributed by atoms with Crippen LogP contribution in [0.4, 0.5) is 0 Å². The molecule has 2 N–H and O–H groups in total. The van der Waals surface area contributed by atoms with E-state index < -0.39 is 17.7 Å². The zero-order valence-electron chi connectivity index (χ0n) is 11.7. The van der Waals surface area contributed by atoms with Gasteiger partial charge in [-0.1, -0.05) is 25.1 Å². The summed E-state index contributed by atoms with van der Waals surface area (Å²) >= 11 is 0. The molecule has 2 heterocycles. The van der Waals surface area contributed by atoms with Crippen molar-refractivity contribution < 1.29 is 19.2 Å². The molecule has 0 atom stereocenters. The first-order chi connectivity index (χ1) is 10.5. The number of hydrogen-bond donors (Lipinski definition) is 2. The molecule has 110 valence electrons. The Hall–Kier alpha value is -3.02. The van der Waals surface area contributed by atoms with Crippen LogP contribution in [-0.4, -0.2) is 23.6 Å². The van der Waals surface area contributed by atoms with Crippen LogP contribution in [0, 0.1) is 0 Å². The number of carbonyl (C=O) groups is 4. The van der Waals surface area contributed by atoms with Gasteiger partial charge in [0.1, 0.15) is 0 Å². The Labute approximate surface area is 125 Å². The smallest absolute Gasteiger partial charge is 0.259 e. The van der Waals surface area contributed by atoms with Crippen molar-refractivity contribution in [3.05, 3.63) is 47.0 Å². The molecule has 0 aromatic heterocycles. The van der Waals surface area contributed by atoms with Crippen molar-refractivity contribution in [3.63, 3.8) is 0 Å². The lowest BCUT2D eigenvalue weighted by atomic mass is 9.96. The SMILES string of the molecule is CCC1=C(c2cccc(C3=CC(=O)NC3=O)c2)C(=O)NC1=O. The Morgan fingerprint density at radius 2 is 1.64 bits per heavy atom. The Morgan fingerprint density at radius 1 is 0.909 bits per heavy atom. The first kappa shape index (κ1) is 13.9. The maximum absolute atomic E-state index is 12.0. The summed E-state index contributed by atoms with van der Waals surface area (Å²) in [5, 5.41) is 4.45. The van der Waals surface area contributed by atoms with Gasteiger partial charge in [0.2, 0.25) is 0 Å². The second kappa shape index (κ2) is 5.07. The topological polar surface area (TPSA) is 92.3 Å². The fourth-order valence-electron chi connectivity index (χ4n) is 2.60. The summed E-state index contributed by atoms with van der Waals surface area (Å²) in [5.74, 6) is -1.77. The molecule has 0 saturated carbocycles. The minimum absolute atomic E-state index is 0.246. The third-order valence-corrected chi connectivity index (χ3v) is 3.60. The lowest BCUT2D eigenvalue weighted by molar-refractivity contribution is -0.125. The summed E-state index contributed by atoms with van der Waals surface area (Å²) < 4.78 is 0. The van der Waals surface area contributed by atoms with Gasteiger partial charge in [0.15, 0.2) is 0 Å². The standard InChI is InChI=1S/C16H12N2O4/c1-2-10-13(16(22)18-14(10)20)9-5-3-4-8(6-9)11-7-12(19)17-15(11)21/h3-7H,2H2,1H3,(H,17,19,21)(H,18,20,22). The molecule has 0 unspecified atom stereocenters. The second-order valence-electron chi connectivity index (χ2n) is 4.95. The molecule has 1 aromatic rings. The van der Waals surface area contributed by atoms with E-state index in [1.807, 2.05) is 0 Å². The average Bonchev–Trinajstić information content (AvgIpc) is 2.97. The van der Waals surface area contributed by atoms with E-state index in [2.05, 4.69) is 10.6 Å². The van der Waals surface area contributed by atoms with Gasteiger partial charge >= 0.3 is 0 Å². The molecule has 0 radical (unpaired) electrons. The quantitative estimate of drug-likeness (QED) is 0.797. The van der Waals surface area contributed by atoms with Crippen LogP contribution in [0.15, 0.2) is 35.9 Å². The molecule has 0 aliphatic carbocycles. The maximum atomic E-state index is 12.0. The van der Waals surface area contributed by atoms with Gasteiger partial charge in [0.25, 0.3) is 23.6 Å². The molecule has 0 bridgehead atoms. The normalized spacial score (nSPS) is 17.8. The predicted octanol–water partition coefficient (Wildman–Crippen LogP) is 0.546. The van der Waals surface area contributed by atoms with Gasteiger partial charge in [0.05, 0.1) is 11.1 Å².